The number of halogens is 2. The van der Waals surface area contributed by atoms with Crippen LogP contribution in [0.2, 0.25) is 10.0 Å². The van der Waals surface area contributed by atoms with Crippen molar-refractivity contribution in [2.24, 2.45) is 0 Å². The van der Waals surface area contributed by atoms with E-state index in [-0.39, 0.29) is 12.4 Å². The number of likely N-dealkylation sites (tertiary alicyclic amines) is 1. The van der Waals surface area contributed by atoms with E-state index in [1.807, 2.05) is 12.1 Å². The van der Waals surface area contributed by atoms with Gasteiger partial charge in [-0.25, -0.2) is 0 Å². The number of nitrogens with zero attached hydrogens (tertiary/aromatic N) is 1. The summed E-state index contributed by atoms with van der Waals surface area (Å²) in [6.45, 7) is 3.11. The van der Waals surface area contributed by atoms with Gasteiger partial charge in [-0.3, -0.25) is 9.69 Å². The van der Waals surface area contributed by atoms with Crippen molar-refractivity contribution in [1.82, 2.24) is 4.90 Å². The highest BCUT2D eigenvalue weighted by Crippen LogP contribution is 2.28. The van der Waals surface area contributed by atoms with Gasteiger partial charge < -0.3 is 4.74 Å². The molecule has 0 saturated carbocycles. The van der Waals surface area contributed by atoms with Crippen molar-refractivity contribution in [1.29, 1.82) is 0 Å². The first-order valence-electron chi connectivity index (χ1n) is 6.36. The lowest BCUT2D eigenvalue weighted by molar-refractivity contribution is -0.139. The maximum Gasteiger partial charge on any atom is 0.310 e. The smallest absolute Gasteiger partial charge is 0.310 e. The predicted molar refractivity (Wildman–Crippen MR) is 76.7 cm³/mol. The molecule has 0 N–H and O–H groups in total. The molecule has 0 aromatic heterocycles. The minimum atomic E-state index is -0.337. The van der Waals surface area contributed by atoms with Gasteiger partial charge in [-0.1, -0.05) is 23.2 Å². The molecule has 3 nitrogen and oxygen atoms in total. The third-order valence-corrected chi connectivity index (χ3v) is 4.03. The van der Waals surface area contributed by atoms with E-state index in [4.69, 9.17) is 23.2 Å². The highest BCUT2D eigenvalue weighted by Gasteiger charge is 2.16. The average Bonchev–Trinajstić information content (AvgIpc) is 2.86. The monoisotopic (exact) mass is 301 g/mol. The van der Waals surface area contributed by atoms with Crippen LogP contribution in [0.25, 0.3) is 0 Å². The van der Waals surface area contributed by atoms with Crippen molar-refractivity contribution >= 4 is 29.2 Å². The van der Waals surface area contributed by atoms with Crippen LogP contribution in [0.15, 0.2) is 12.1 Å². The number of rotatable bonds is 4. The Balaban J connectivity index is 2.13. The van der Waals surface area contributed by atoms with Gasteiger partial charge in [0.05, 0.1) is 13.5 Å². The van der Waals surface area contributed by atoms with Crippen LogP contribution >= 0.6 is 23.2 Å². The number of esters is 1. The van der Waals surface area contributed by atoms with Gasteiger partial charge in [-0.2, -0.15) is 0 Å². The number of methoxy groups -OCH3 is 1. The fourth-order valence-electron chi connectivity index (χ4n) is 2.33. The summed E-state index contributed by atoms with van der Waals surface area (Å²) in [5.41, 5.74) is 1.73. The van der Waals surface area contributed by atoms with Crippen LogP contribution in [0.4, 0.5) is 0 Å². The molecule has 0 radical (unpaired) electrons. The average molecular weight is 302 g/mol. The van der Waals surface area contributed by atoms with Gasteiger partial charge in [0.2, 0.25) is 0 Å². The molecular weight excluding hydrogens is 285 g/mol. The molecule has 0 bridgehead atoms. The third kappa shape index (κ3) is 3.85. The summed E-state index contributed by atoms with van der Waals surface area (Å²) in [5, 5.41) is 1.07. The summed E-state index contributed by atoms with van der Waals surface area (Å²) in [5.74, 6) is -0.337. The van der Waals surface area contributed by atoms with E-state index in [9.17, 15) is 4.79 Å². The molecule has 2 rings (SSSR count). The van der Waals surface area contributed by atoms with E-state index in [0.29, 0.717) is 15.6 Å². The first-order chi connectivity index (χ1) is 9.10. The maximum absolute atomic E-state index is 11.3. The Morgan fingerprint density at radius 3 is 2.37 bits per heavy atom. The molecule has 1 heterocycles. The van der Waals surface area contributed by atoms with Gasteiger partial charge >= 0.3 is 5.97 Å². The molecule has 0 spiro atoms. The number of carbonyl (C=O) groups is 1. The zero-order chi connectivity index (χ0) is 13.8. The molecule has 104 valence electrons. The Hall–Kier alpha value is -0.770. The highest BCUT2D eigenvalue weighted by molar-refractivity contribution is 6.36. The Kier molecular flexibility index (Phi) is 5.08. The molecule has 1 aromatic rings. The number of benzene rings is 1. The van der Waals surface area contributed by atoms with Crippen molar-refractivity contribution in [3.63, 3.8) is 0 Å². The van der Waals surface area contributed by atoms with Crippen LogP contribution in [0.3, 0.4) is 0 Å². The molecule has 1 aliphatic rings. The molecule has 1 fully saturated rings. The molecule has 0 unspecified atom stereocenters. The van der Waals surface area contributed by atoms with Crippen LogP contribution in [0, 0.1) is 0 Å². The van der Waals surface area contributed by atoms with E-state index in [1.165, 1.54) is 20.0 Å². The topological polar surface area (TPSA) is 29.5 Å². The zero-order valence-corrected chi connectivity index (χ0v) is 12.4. The fraction of sp³-hybridized carbons (Fsp3) is 0.500. The number of carbonyl (C=O) groups excluding carboxylic acids is 1. The van der Waals surface area contributed by atoms with Gasteiger partial charge in [0.25, 0.3) is 0 Å². The van der Waals surface area contributed by atoms with Gasteiger partial charge in [-0.15, -0.1) is 0 Å². The van der Waals surface area contributed by atoms with Crippen LogP contribution in [-0.4, -0.2) is 31.1 Å². The fourth-order valence-corrected chi connectivity index (χ4v) is 3.00. The van der Waals surface area contributed by atoms with Crippen LogP contribution in [0.5, 0.6) is 0 Å². The van der Waals surface area contributed by atoms with E-state index in [0.717, 1.165) is 25.2 Å². The SMILES string of the molecule is COC(=O)Cc1c(Cl)cc(CN2CCCC2)cc1Cl. The lowest BCUT2D eigenvalue weighted by atomic mass is 10.1. The van der Waals surface area contributed by atoms with Crippen molar-refractivity contribution < 1.29 is 9.53 Å². The highest BCUT2D eigenvalue weighted by atomic mass is 35.5. The molecule has 5 heteroatoms. The maximum atomic E-state index is 11.3. The summed E-state index contributed by atoms with van der Waals surface area (Å²) in [6, 6.07) is 3.79. The van der Waals surface area contributed by atoms with Gasteiger partial charge in [-0.05, 0) is 43.6 Å². The molecule has 1 aliphatic heterocycles. The quantitative estimate of drug-likeness (QED) is 0.799. The first-order valence-corrected chi connectivity index (χ1v) is 7.11. The van der Waals surface area contributed by atoms with E-state index < -0.39 is 0 Å². The van der Waals surface area contributed by atoms with Crippen LogP contribution in [-0.2, 0) is 22.5 Å². The number of hydrogen-bond acceptors (Lipinski definition) is 3. The summed E-state index contributed by atoms with van der Waals surface area (Å²) in [6.07, 6.45) is 2.61. The summed E-state index contributed by atoms with van der Waals surface area (Å²) < 4.78 is 4.64. The van der Waals surface area contributed by atoms with Gasteiger partial charge in [0.15, 0.2) is 0 Å². The predicted octanol–water partition coefficient (Wildman–Crippen LogP) is 3.30. The summed E-state index contributed by atoms with van der Waals surface area (Å²) >= 11 is 12.4. The van der Waals surface area contributed by atoms with Crippen molar-refractivity contribution in [3.05, 3.63) is 33.3 Å². The molecule has 1 saturated heterocycles. The molecule has 0 amide bonds. The van der Waals surface area contributed by atoms with Crippen molar-refractivity contribution in [2.75, 3.05) is 20.2 Å². The third-order valence-electron chi connectivity index (χ3n) is 3.35. The minimum Gasteiger partial charge on any atom is -0.469 e. The standard InChI is InChI=1S/C14H17Cl2NO2/c1-19-14(18)8-11-12(15)6-10(7-13(11)16)9-17-4-2-3-5-17/h6-7H,2-5,8-9H2,1H3. The lowest BCUT2D eigenvalue weighted by Gasteiger charge is -2.16. The largest absolute Gasteiger partial charge is 0.469 e. The second-order valence-electron chi connectivity index (χ2n) is 4.77. The minimum absolute atomic E-state index is 0.109. The number of ether oxygens (including phenoxy) is 1. The Labute approximate surface area is 123 Å². The molecular formula is C14H17Cl2NO2. The van der Waals surface area contributed by atoms with Gasteiger partial charge in [0, 0.05) is 22.2 Å². The first kappa shape index (κ1) is 14.6. The second-order valence-corrected chi connectivity index (χ2v) is 5.59. The molecule has 1 aromatic carbocycles. The molecule has 0 atom stereocenters. The van der Waals surface area contributed by atoms with Crippen molar-refractivity contribution in [3.8, 4) is 0 Å². The Morgan fingerprint density at radius 2 is 1.84 bits per heavy atom. The molecule has 19 heavy (non-hydrogen) atoms. The normalized spacial score (nSPS) is 15.7. The van der Waals surface area contributed by atoms with E-state index >= 15 is 0 Å². The second kappa shape index (κ2) is 6.60. The van der Waals surface area contributed by atoms with Crippen LogP contribution in [0.1, 0.15) is 24.0 Å². The molecule has 0 aliphatic carbocycles. The van der Waals surface area contributed by atoms with E-state index in [1.54, 1.807) is 0 Å². The van der Waals surface area contributed by atoms with Gasteiger partial charge in [0.1, 0.15) is 0 Å². The van der Waals surface area contributed by atoms with Crippen molar-refractivity contribution in [2.45, 2.75) is 25.8 Å². The zero-order valence-electron chi connectivity index (χ0n) is 10.9. The number of hydrogen-bond donors (Lipinski definition) is 0. The summed E-state index contributed by atoms with van der Waals surface area (Å²) in [4.78, 5) is 13.7. The lowest BCUT2D eigenvalue weighted by Crippen LogP contribution is -2.18. The Bertz CT molecular complexity index is 448. The summed E-state index contributed by atoms with van der Waals surface area (Å²) in [7, 11) is 1.35. The van der Waals surface area contributed by atoms with E-state index in [2.05, 4.69) is 9.64 Å². The Morgan fingerprint density at radius 1 is 1.26 bits per heavy atom. The van der Waals surface area contributed by atoms with Crippen LogP contribution < -0.4 is 0 Å².